The van der Waals surface area contributed by atoms with Gasteiger partial charge >= 0.3 is 0 Å². The van der Waals surface area contributed by atoms with Crippen molar-refractivity contribution in [2.75, 3.05) is 5.88 Å². The lowest BCUT2D eigenvalue weighted by atomic mass is 10.1. The molecule has 0 radical (unpaired) electrons. The van der Waals surface area contributed by atoms with Gasteiger partial charge in [-0.2, -0.15) is 0 Å². The van der Waals surface area contributed by atoms with Crippen LogP contribution in [0.1, 0.15) is 38.7 Å². The number of ether oxygens (including phenoxy) is 1. The van der Waals surface area contributed by atoms with Gasteiger partial charge in [-0.3, -0.25) is 0 Å². The first-order chi connectivity index (χ1) is 8.71. The maximum Gasteiger partial charge on any atom is 0.135 e. The molecule has 0 spiro atoms. The molecule has 0 unspecified atom stereocenters. The van der Waals surface area contributed by atoms with Crippen LogP contribution in [0.25, 0.3) is 0 Å². The third kappa shape index (κ3) is 4.58. The molecule has 0 heterocycles. The molecule has 0 amide bonds. The zero-order valence-electron chi connectivity index (χ0n) is 10.8. The molecule has 0 fully saturated rings. The van der Waals surface area contributed by atoms with E-state index in [0.29, 0.717) is 23.6 Å². The minimum absolute atomic E-state index is 0.143. The van der Waals surface area contributed by atoms with E-state index in [1.54, 1.807) is 6.07 Å². The minimum Gasteiger partial charge on any atom is -0.489 e. The second-order valence-electron chi connectivity index (χ2n) is 3.94. The Labute approximate surface area is 113 Å². The van der Waals surface area contributed by atoms with Crippen molar-refractivity contribution >= 4 is 11.6 Å². The second-order valence-corrected chi connectivity index (χ2v) is 4.32. The number of halogens is 2. The molecule has 0 aromatic heterocycles. The smallest absolute Gasteiger partial charge is 0.135 e. The van der Waals surface area contributed by atoms with Crippen molar-refractivity contribution in [3.63, 3.8) is 0 Å². The summed E-state index contributed by atoms with van der Waals surface area (Å²) in [7, 11) is 0. The predicted octanol–water partition coefficient (Wildman–Crippen LogP) is 4.37. The summed E-state index contributed by atoms with van der Waals surface area (Å²) in [5.74, 6) is 6.63. The summed E-state index contributed by atoms with van der Waals surface area (Å²) in [6.45, 7) is 4.13. The molecular formula is C15H18ClFO. The van der Waals surface area contributed by atoms with Gasteiger partial charge in [0.1, 0.15) is 11.6 Å². The van der Waals surface area contributed by atoms with Crippen molar-refractivity contribution in [1.29, 1.82) is 0 Å². The second kappa shape index (κ2) is 8.00. The number of hydrogen-bond acceptors (Lipinski definition) is 1. The fraction of sp³-hybridized carbons (Fsp3) is 0.467. The SMILES string of the molecule is CCC(CC)Oc1ccc(F)cc1C#CCCCl. The van der Waals surface area contributed by atoms with E-state index in [-0.39, 0.29) is 11.9 Å². The molecule has 18 heavy (non-hydrogen) atoms. The maximum atomic E-state index is 13.2. The van der Waals surface area contributed by atoms with Crippen LogP contribution in [0.4, 0.5) is 4.39 Å². The van der Waals surface area contributed by atoms with Gasteiger partial charge in [-0.15, -0.1) is 11.6 Å². The zero-order chi connectivity index (χ0) is 13.4. The molecule has 0 aliphatic carbocycles. The van der Waals surface area contributed by atoms with Crippen LogP contribution in [0.3, 0.4) is 0 Å². The van der Waals surface area contributed by atoms with E-state index in [1.807, 2.05) is 0 Å². The molecule has 1 aromatic carbocycles. The quantitative estimate of drug-likeness (QED) is 0.569. The normalized spacial score (nSPS) is 10.1. The maximum absolute atomic E-state index is 13.2. The summed E-state index contributed by atoms with van der Waals surface area (Å²) >= 11 is 5.56. The average molecular weight is 269 g/mol. The molecule has 1 aromatic rings. The van der Waals surface area contributed by atoms with E-state index in [2.05, 4.69) is 25.7 Å². The van der Waals surface area contributed by atoms with Crippen molar-refractivity contribution in [3.05, 3.63) is 29.6 Å². The van der Waals surface area contributed by atoms with Crippen LogP contribution in [-0.2, 0) is 0 Å². The number of hydrogen-bond donors (Lipinski definition) is 0. The first-order valence-electron chi connectivity index (χ1n) is 6.22. The summed E-state index contributed by atoms with van der Waals surface area (Å²) in [6, 6.07) is 4.43. The molecule has 0 aliphatic heterocycles. The molecule has 98 valence electrons. The average Bonchev–Trinajstić information content (AvgIpc) is 2.38. The van der Waals surface area contributed by atoms with Crippen LogP contribution in [-0.4, -0.2) is 12.0 Å². The summed E-state index contributed by atoms with van der Waals surface area (Å²) in [6.07, 6.45) is 2.57. The topological polar surface area (TPSA) is 9.23 Å². The van der Waals surface area contributed by atoms with Gasteiger partial charge in [0.05, 0.1) is 11.7 Å². The van der Waals surface area contributed by atoms with E-state index in [9.17, 15) is 4.39 Å². The van der Waals surface area contributed by atoms with E-state index in [1.165, 1.54) is 12.1 Å². The summed E-state index contributed by atoms with van der Waals surface area (Å²) in [5, 5.41) is 0. The molecular weight excluding hydrogens is 251 g/mol. The predicted molar refractivity (Wildman–Crippen MR) is 73.6 cm³/mol. The highest BCUT2D eigenvalue weighted by Gasteiger charge is 2.09. The van der Waals surface area contributed by atoms with Gasteiger partial charge in [0.15, 0.2) is 0 Å². The highest BCUT2D eigenvalue weighted by atomic mass is 35.5. The largest absolute Gasteiger partial charge is 0.489 e. The third-order valence-electron chi connectivity index (χ3n) is 2.59. The Bertz CT molecular complexity index is 430. The molecule has 0 saturated heterocycles. The van der Waals surface area contributed by atoms with Crippen molar-refractivity contribution in [2.24, 2.45) is 0 Å². The highest BCUT2D eigenvalue weighted by Crippen LogP contribution is 2.21. The van der Waals surface area contributed by atoms with Gasteiger partial charge in [-0.05, 0) is 31.0 Å². The van der Waals surface area contributed by atoms with E-state index in [4.69, 9.17) is 16.3 Å². The molecule has 0 atom stereocenters. The number of alkyl halides is 1. The molecule has 3 heteroatoms. The summed E-state index contributed by atoms with van der Waals surface area (Å²) in [4.78, 5) is 0. The van der Waals surface area contributed by atoms with Crippen LogP contribution < -0.4 is 4.74 Å². The molecule has 0 aliphatic rings. The molecule has 0 saturated carbocycles. The molecule has 0 N–H and O–H groups in total. The Morgan fingerprint density at radius 1 is 1.33 bits per heavy atom. The van der Waals surface area contributed by atoms with Gasteiger partial charge in [0, 0.05) is 12.3 Å². The van der Waals surface area contributed by atoms with Crippen molar-refractivity contribution in [3.8, 4) is 17.6 Å². The van der Waals surface area contributed by atoms with Crippen LogP contribution in [0, 0.1) is 17.7 Å². The number of rotatable bonds is 5. The Morgan fingerprint density at radius 2 is 2.06 bits per heavy atom. The summed E-state index contributed by atoms with van der Waals surface area (Å²) < 4.78 is 19.0. The lowest BCUT2D eigenvalue weighted by molar-refractivity contribution is 0.192. The standard InChI is InChI=1S/C15H18ClFO/c1-3-14(4-2)18-15-9-8-13(17)11-12(15)7-5-6-10-16/h8-9,11,14H,3-4,6,10H2,1-2H3. The third-order valence-corrected chi connectivity index (χ3v) is 2.78. The lowest BCUT2D eigenvalue weighted by Crippen LogP contribution is -2.14. The first kappa shape index (κ1) is 14.9. The van der Waals surface area contributed by atoms with Crippen molar-refractivity contribution in [2.45, 2.75) is 39.2 Å². The van der Waals surface area contributed by atoms with E-state index in [0.717, 1.165) is 12.8 Å². The lowest BCUT2D eigenvalue weighted by Gasteiger charge is -2.16. The Morgan fingerprint density at radius 3 is 2.67 bits per heavy atom. The van der Waals surface area contributed by atoms with Gasteiger partial charge in [0.2, 0.25) is 0 Å². The van der Waals surface area contributed by atoms with E-state index < -0.39 is 0 Å². The Balaban J connectivity index is 2.93. The molecule has 1 nitrogen and oxygen atoms in total. The summed E-state index contributed by atoms with van der Waals surface area (Å²) in [5.41, 5.74) is 0.590. The van der Waals surface area contributed by atoms with E-state index >= 15 is 0 Å². The fourth-order valence-electron chi connectivity index (χ4n) is 1.54. The van der Waals surface area contributed by atoms with Gasteiger partial charge in [-0.25, -0.2) is 4.39 Å². The van der Waals surface area contributed by atoms with Gasteiger partial charge in [-0.1, -0.05) is 25.7 Å². The zero-order valence-corrected chi connectivity index (χ0v) is 11.6. The van der Waals surface area contributed by atoms with Crippen LogP contribution in [0.5, 0.6) is 5.75 Å². The Kier molecular flexibility index (Phi) is 6.60. The highest BCUT2D eigenvalue weighted by molar-refractivity contribution is 6.18. The Hall–Kier alpha value is -1.20. The fourth-order valence-corrected chi connectivity index (χ4v) is 1.64. The first-order valence-corrected chi connectivity index (χ1v) is 6.75. The van der Waals surface area contributed by atoms with Crippen LogP contribution >= 0.6 is 11.6 Å². The van der Waals surface area contributed by atoms with Gasteiger partial charge in [0.25, 0.3) is 0 Å². The minimum atomic E-state index is -0.304. The van der Waals surface area contributed by atoms with Gasteiger partial charge < -0.3 is 4.74 Å². The van der Waals surface area contributed by atoms with Crippen molar-refractivity contribution in [1.82, 2.24) is 0 Å². The monoisotopic (exact) mass is 268 g/mol. The van der Waals surface area contributed by atoms with Crippen molar-refractivity contribution < 1.29 is 9.13 Å². The van der Waals surface area contributed by atoms with Crippen LogP contribution in [0.2, 0.25) is 0 Å². The van der Waals surface area contributed by atoms with Crippen LogP contribution in [0.15, 0.2) is 18.2 Å². The molecule has 1 rings (SSSR count). The number of benzene rings is 1. The molecule has 0 bridgehead atoms.